The SMILES string of the molecule is NCCCNc1nc2cc(N)ccc2c2sccc12. The number of nitrogens with two attached hydrogens (primary N) is 2. The molecule has 5 heteroatoms. The number of aromatic nitrogens is 1. The van der Waals surface area contributed by atoms with E-state index >= 15 is 0 Å². The quantitative estimate of drug-likeness (QED) is 0.504. The largest absolute Gasteiger partial charge is 0.399 e. The van der Waals surface area contributed by atoms with Crippen LogP contribution in [0.1, 0.15) is 6.42 Å². The lowest BCUT2D eigenvalue weighted by molar-refractivity contribution is 0.872. The van der Waals surface area contributed by atoms with Crippen LogP contribution in [0.2, 0.25) is 0 Å². The molecule has 1 aromatic carbocycles. The number of nitrogen functional groups attached to an aromatic ring is 1. The van der Waals surface area contributed by atoms with Gasteiger partial charge < -0.3 is 16.8 Å². The van der Waals surface area contributed by atoms with Gasteiger partial charge in [-0.25, -0.2) is 4.98 Å². The van der Waals surface area contributed by atoms with E-state index in [1.54, 1.807) is 11.3 Å². The molecule has 0 unspecified atom stereocenters. The lowest BCUT2D eigenvalue weighted by atomic mass is 10.1. The van der Waals surface area contributed by atoms with Crippen molar-refractivity contribution in [2.24, 2.45) is 5.73 Å². The van der Waals surface area contributed by atoms with Crippen molar-refractivity contribution in [2.45, 2.75) is 6.42 Å². The van der Waals surface area contributed by atoms with E-state index in [1.165, 1.54) is 10.1 Å². The Morgan fingerprint density at radius 2 is 2.11 bits per heavy atom. The molecule has 0 radical (unpaired) electrons. The third-order valence-electron chi connectivity index (χ3n) is 3.09. The third kappa shape index (κ3) is 2.22. The van der Waals surface area contributed by atoms with Gasteiger partial charge in [-0.15, -0.1) is 11.3 Å². The molecule has 3 aromatic rings. The number of hydrogen-bond acceptors (Lipinski definition) is 5. The molecule has 0 spiro atoms. The molecule has 98 valence electrons. The average Bonchev–Trinajstić information content (AvgIpc) is 2.88. The van der Waals surface area contributed by atoms with Crippen LogP contribution in [-0.2, 0) is 0 Å². The second-order valence-corrected chi connectivity index (χ2v) is 5.39. The monoisotopic (exact) mass is 272 g/mol. The molecule has 4 nitrogen and oxygen atoms in total. The number of pyridine rings is 1. The molecule has 19 heavy (non-hydrogen) atoms. The van der Waals surface area contributed by atoms with Gasteiger partial charge in [-0.2, -0.15) is 0 Å². The summed E-state index contributed by atoms with van der Waals surface area (Å²) in [4.78, 5) is 4.68. The summed E-state index contributed by atoms with van der Waals surface area (Å²) in [6, 6.07) is 7.99. The fraction of sp³-hybridized carbons (Fsp3) is 0.214. The number of nitrogens with one attached hydrogen (secondary N) is 1. The minimum absolute atomic E-state index is 0.681. The van der Waals surface area contributed by atoms with Crippen molar-refractivity contribution < 1.29 is 0 Å². The van der Waals surface area contributed by atoms with Gasteiger partial charge >= 0.3 is 0 Å². The Morgan fingerprint density at radius 1 is 1.21 bits per heavy atom. The van der Waals surface area contributed by atoms with E-state index < -0.39 is 0 Å². The van der Waals surface area contributed by atoms with Crippen LogP contribution in [-0.4, -0.2) is 18.1 Å². The van der Waals surface area contributed by atoms with Gasteiger partial charge in [0.05, 0.1) is 5.52 Å². The summed E-state index contributed by atoms with van der Waals surface area (Å²) >= 11 is 1.73. The van der Waals surface area contributed by atoms with Crippen molar-refractivity contribution in [1.82, 2.24) is 4.98 Å². The fourth-order valence-corrected chi connectivity index (χ4v) is 3.09. The maximum atomic E-state index is 5.84. The van der Waals surface area contributed by atoms with E-state index in [9.17, 15) is 0 Å². The highest BCUT2D eigenvalue weighted by Gasteiger charge is 2.09. The van der Waals surface area contributed by atoms with Gasteiger partial charge in [0.2, 0.25) is 0 Å². The van der Waals surface area contributed by atoms with E-state index in [0.717, 1.165) is 35.4 Å². The topological polar surface area (TPSA) is 77.0 Å². The van der Waals surface area contributed by atoms with Gasteiger partial charge in [0.1, 0.15) is 5.82 Å². The highest BCUT2D eigenvalue weighted by atomic mass is 32.1. The molecule has 5 N–H and O–H groups in total. The lowest BCUT2D eigenvalue weighted by Crippen LogP contribution is -2.09. The van der Waals surface area contributed by atoms with E-state index in [0.29, 0.717) is 6.54 Å². The number of anilines is 2. The van der Waals surface area contributed by atoms with Crippen LogP contribution in [0.15, 0.2) is 29.6 Å². The predicted octanol–water partition coefficient (Wildman–Crippen LogP) is 2.79. The van der Waals surface area contributed by atoms with Crippen LogP contribution in [0.5, 0.6) is 0 Å². The normalized spacial score (nSPS) is 11.2. The molecule has 0 aliphatic heterocycles. The second-order valence-electron chi connectivity index (χ2n) is 4.47. The zero-order valence-corrected chi connectivity index (χ0v) is 11.3. The van der Waals surface area contributed by atoms with E-state index in [-0.39, 0.29) is 0 Å². The molecule has 0 saturated heterocycles. The number of nitrogens with zero attached hydrogens (tertiary/aromatic N) is 1. The molecule has 3 rings (SSSR count). The van der Waals surface area contributed by atoms with Crippen molar-refractivity contribution in [2.75, 3.05) is 24.1 Å². The first-order valence-corrected chi connectivity index (χ1v) is 7.18. The van der Waals surface area contributed by atoms with Gasteiger partial charge in [-0.05, 0) is 42.6 Å². The highest BCUT2D eigenvalue weighted by Crippen LogP contribution is 2.33. The molecular weight excluding hydrogens is 256 g/mol. The summed E-state index contributed by atoms with van der Waals surface area (Å²) in [5, 5.41) is 7.78. The average molecular weight is 272 g/mol. The van der Waals surface area contributed by atoms with Crippen molar-refractivity contribution in [3.8, 4) is 0 Å². The van der Waals surface area contributed by atoms with Gasteiger partial charge in [-0.3, -0.25) is 0 Å². The second kappa shape index (κ2) is 5.03. The Labute approximate surface area is 115 Å². The molecule has 0 fully saturated rings. The molecule has 0 bridgehead atoms. The van der Waals surface area contributed by atoms with Crippen LogP contribution in [0.3, 0.4) is 0 Å². The molecule has 2 aromatic heterocycles. The zero-order valence-electron chi connectivity index (χ0n) is 10.5. The number of benzene rings is 1. The molecule has 0 saturated carbocycles. The summed E-state index contributed by atoms with van der Waals surface area (Å²) in [7, 11) is 0. The predicted molar refractivity (Wildman–Crippen MR) is 83.7 cm³/mol. The van der Waals surface area contributed by atoms with E-state index in [4.69, 9.17) is 11.5 Å². The summed E-state index contributed by atoms with van der Waals surface area (Å²) < 4.78 is 1.25. The van der Waals surface area contributed by atoms with Crippen molar-refractivity contribution in [1.29, 1.82) is 0 Å². The zero-order chi connectivity index (χ0) is 13.2. The first-order valence-electron chi connectivity index (χ1n) is 6.30. The minimum atomic E-state index is 0.681. The summed E-state index contributed by atoms with van der Waals surface area (Å²) in [6.45, 7) is 1.52. The van der Waals surface area contributed by atoms with Crippen molar-refractivity contribution >= 4 is 43.8 Å². The Morgan fingerprint density at radius 3 is 2.95 bits per heavy atom. The van der Waals surface area contributed by atoms with Crippen LogP contribution in [0.25, 0.3) is 21.0 Å². The van der Waals surface area contributed by atoms with Gasteiger partial charge in [-0.1, -0.05) is 0 Å². The molecule has 0 atom stereocenters. The van der Waals surface area contributed by atoms with Gasteiger partial charge in [0, 0.05) is 27.7 Å². The van der Waals surface area contributed by atoms with E-state index in [1.807, 2.05) is 18.2 Å². The maximum Gasteiger partial charge on any atom is 0.135 e. The molecule has 0 amide bonds. The summed E-state index contributed by atoms with van der Waals surface area (Å²) in [6.07, 6.45) is 0.933. The lowest BCUT2D eigenvalue weighted by Gasteiger charge is -2.09. The Bertz CT molecular complexity index is 720. The van der Waals surface area contributed by atoms with E-state index in [2.05, 4.69) is 21.7 Å². The van der Waals surface area contributed by atoms with Crippen molar-refractivity contribution in [3.05, 3.63) is 29.6 Å². The standard InChI is InChI=1S/C14H16N4S/c15-5-1-6-17-14-11-4-7-19-13(11)10-3-2-9(16)8-12(10)18-14/h2-4,7-8H,1,5-6,15-16H2,(H,17,18). The van der Waals surface area contributed by atoms with Crippen LogP contribution >= 0.6 is 11.3 Å². The molecule has 0 aliphatic carbocycles. The first-order chi connectivity index (χ1) is 9.29. The number of hydrogen-bond donors (Lipinski definition) is 3. The Hall–Kier alpha value is -1.85. The third-order valence-corrected chi connectivity index (χ3v) is 4.04. The first kappa shape index (κ1) is 12.2. The molecule has 2 heterocycles. The summed E-state index contributed by atoms with van der Waals surface area (Å²) in [5.41, 5.74) is 13.0. The number of rotatable bonds is 4. The highest BCUT2D eigenvalue weighted by molar-refractivity contribution is 7.18. The minimum Gasteiger partial charge on any atom is -0.399 e. The smallest absolute Gasteiger partial charge is 0.135 e. The number of thiophene rings is 1. The van der Waals surface area contributed by atoms with Crippen LogP contribution < -0.4 is 16.8 Å². The Kier molecular flexibility index (Phi) is 3.23. The van der Waals surface area contributed by atoms with Crippen molar-refractivity contribution in [3.63, 3.8) is 0 Å². The van der Waals surface area contributed by atoms with Crippen LogP contribution in [0, 0.1) is 0 Å². The van der Waals surface area contributed by atoms with Gasteiger partial charge in [0.25, 0.3) is 0 Å². The number of fused-ring (bicyclic) bond motifs is 3. The fourth-order valence-electron chi connectivity index (χ4n) is 2.16. The Balaban J connectivity index is 2.15. The summed E-state index contributed by atoms with van der Waals surface area (Å²) in [5.74, 6) is 0.919. The molecule has 0 aliphatic rings. The van der Waals surface area contributed by atoms with Crippen LogP contribution in [0.4, 0.5) is 11.5 Å². The molecular formula is C14H16N4S. The maximum absolute atomic E-state index is 5.84. The van der Waals surface area contributed by atoms with Gasteiger partial charge in [0.15, 0.2) is 0 Å².